The summed E-state index contributed by atoms with van der Waals surface area (Å²) in [6.07, 6.45) is 7.91. The number of imidazole rings is 1. The summed E-state index contributed by atoms with van der Waals surface area (Å²) < 4.78 is 31.1. The van der Waals surface area contributed by atoms with E-state index in [-0.39, 0.29) is 24.1 Å². The Bertz CT molecular complexity index is 1340. The van der Waals surface area contributed by atoms with Crippen molar-refractivity contribution in [1.29, 1.82) is 0 Å². The van der Waals surface area contributed by atoms with Gasteiger partial charge in [0, 0.05) is 31.0 Å². The number of amides is 1. The first-order valence-electron chi connectivity index (χ1n) is 10.8. The summed E-state index contributed by atoms with van der Waals surface area (Å²) in [5.74, 6) is -0.298. The molecule has 4 rings (SSSR count). The fraction of sp³-hybridized carbons (Fsp3) is 0.250. The topological polar surface area (TPSA) is 109 Å². The molecule has 0 radical (unpaired) electrons. The van der Waals surface area contributed by atoms with E-state index in [1.165, 1.54) is 29.0 Å². The maximum absolute atomic E-state index is 14.3. The van der Waals surface area contributed by atoms with Crippen molar-refractivity contribution in [2.75, 3.05) is 6.54 Å². The zero-order valence-corrected chi connectivity index (χ0v) is 18.6. The number of aryl methyl sites for hydroxylation is 1. The van der Waals surface area contributed by atoms with Crippen LogP contribution < -0.4 is 16.6 Å². The van der Waals surface area contributed by atoms with Crippen LogP contribution >= 0.6 is 0 Å². The lowest BCUT2D eigenvalue weighted by atomic mass is 10.0. The number of rotatable bonds is 6. The van der Waals surface area contributed by atoms with Crippen molar-refractivity contribution in [3.63, 3.8) is 0 Å². The third-order valence-electron chi connectivity index (χ3n) is 5.75. The van der Waals surface area contributed by atoms with Crippen molar-refractivity contribution in [3.05, 3.63) is 93.4 Å². The molecular formula is C24H25F2N6O2+. The second-order valence-corrected chi connectivity index (χ2v) is 8.12. The molecule has 0 bridgehead atoms. The summed E-state index contributed by atoms with van der Waals surface area (Å²) >= 11 is 0. The van der Waals surface area contributed by atoms with Crippen LogP contribution in [0, 0.1) is 11.6 Å². The minimum Gasteiger partial charge on any atom is -0.346 e. The van der Waals surface area contributed by atoms with Gasteiger partial charge in [-0.2, -0.15) is 0 Å². The largest absolute Gasteiger partial charge is 0.346 e. The number of nitrogens with one attached hydrogen (secondary N) is 2. The maximum Gasteiger partial charge on any atom is 0.268 e. The molecule has 2 aromatic heterocycles. The molecule has 1 atom stereocenters. The molecule has 1 aromatic carbocycles. The monoisotopic (exact) mass is 467 g/mol. The summed E-state index contributed by atoms with van der Waals surface area (Å²) in [5.41, 5.74) is 7.40. The van der Waals surface area contributed by atoms with Crippen LogP contribution in [0.2, 0.25) is 0 Å². The van der Waals surface area contributed by atoms with Gasteiger partial charge in [0.1, 0.15) is 23.5 Å². The Morgan fingerprint density at radius 2 is 2.18 bits per heavy atom. The third-order valence-corrected chi connectivity index (χ3v) is 5.75. The standard InChI is InChI=1S/C24H24F2N6O2/c1-31-14-15(4-9-23(31)33)24(34)29-13-17-12-28-22(30-17)8-7-21(27)32-10-2-3-20(32)18-11-16(25)5-6-19(18)26/h4-9,11-12,14,20H,2-3,10,13H2,1H3,(H3,27,28,29,30,34)/p+1/t20-/m1/s1. The quantitative estimate of drug-likeness (QED) is 0.382. The molecule has 0 spiro atoms. The van der Waals surface area contributed by atoms with Gasteiger partial charge >= 0.3 is 0 Å². The van der Waals surface area contributed by atoms with Gasteiger partial charge in [-0.05, 0) is 43.2 Å². The molecule has 0 saturated carbocycles. The van der Waals surface area contributed by atoms with Gasteiger partial charge in [0.15, 0.2) is 0 Å². The number of nitrogens with two attached hydrogens (primary N) is 1. The van der Waals surface area contributed by atoms with E-state index < -0.39 is 11.6 Å². The first-order valence-corrected chi connectivity index (χ1v) is 10.8. The average molecular weight is 468 g/mol. The number of benzene rings is 1. The number of nitrogens with zero attached hydrogens (tertiary/aromatic N) is 3. The number of carbonyl (C=O) groups excluding carboxylic acids is 1. The van der Waals surface area contributed by atoms with Crippen molar-refractivity contribution < 1.29 is 18.2 Å². The second-order valence-electron chi connectivity index (χ2n) is 8.12. The number of pyridine rings is 1. The molecule has 10 heteroatoms. The summed E-state index contributed by atoms with van der Waals surface area (Å²) in [6, 6.07) is 5.93. The van der Waals surface area contributed by atoms with Gasteiger partial charge in [-0.15, -0.1) is 0 Å². The molecule has 4 N–H and O–H groups in total. The molecule has 1 aliphatic rings. The third kappa shape index (κ3) is 5.11. The predicted octanol–water partition coefficient (Wildman–Crippen LogP) is 2.23. The van der Waals surface area contributed by atoms with Gasteiger partial charge < -0.3 is 14.9 Å². The Hall–Kier alpha value is -4.08. The molecule has 1 saturated heterocycles. The molecule has 0 unspecified atom stereocenters. The van der Waals surface area contributed by atoms with Crippen LogP contribution in [0.4, 0.5) is 8.78 Å². The second kappa shape index (κ2) is 9.82. The molecule has 1 aliphatic heterocycles. The van der Waals surface area contributed by atoms with Gasteiger partial charge in [-0.1, -0.05) is 0 Å². The van der Waals surface area contributed by atoms with Crippen molar-refractivity contribution in [1.82, 2.24) is 19.9 Å². The Morgan fingerprint density at radius 1 is 1.35 bits per heavy atom. The van der Waals surface area contributed by atoms with Crippen molar-refractivity contribution in [2.24, 2.45) is 12.8 Å². The Kier molecular flexibility index (Phi) is 6.67. The Labute approximate surface area is 194 Å². The minimum atomic E-state index is -0.483. The Balaban J connectivity index is 1.42. The average Bonchev–Trinajstić information content (AvgIpc) is 3.49. The van der Waals surface area contributed by atoms with E-state index in [2.05, 4.69) is 15.3 Å². The van der Waals surface area contributed by atoms with Gasteiger partial charge in [-0.3, -0.25) is 19.9 Å². The van der Waals surface area contributed by atoms with Crippen LogP contribution in [0.25, 0.3) is 6.08 Å². The lowest BCUT2D eigenvalue weighted by Crippen LogP contribution is -2.27. The predicted molar refractivity (Wildman–Crippen MR) is 123 cm³/mol. The molecule has 8 nitrogen and oxygen atoms in total. The number of aromatic nitrogens is 3. The highest BCUT2D eigenvalue weighted by Gasteiger charge is 2.30. The molecule has 1 fully saturated rings. The number of carbonyl (C=O) groups is 1. The van der Waals surface area contributed by atoms with E-state index >= 15 is 0 Å². The van der Waals surface area contributed by atoms with E-state index in [0.29, 0.717) is 41.4 Å². The van der Waals surface area contributed by atoms with Crippen LogP contribution in [-0.2, 0) is 13.6 Å². The van der Waals surface area contributed by atoms with Crippen molar-refractivity contribution in [3.8, 4) is 0 Å². The normalized spacial score (nSPS) is 17.3. The first kappa shape index (κ1) is 23.1. The van der Waals surface area contributed by atoms with Crippen LogP contribution in [0.3, 0.4) is 0 Å². The van der Waals surface area contributed by atoms with Crippen molar-refractivity contribution >= 4 is 17.8 Å². The first-order chi connectivity index (χ1) is 16.3. The summed E-state index contributed by atoms with van der Waals surface area (Å²) in [5, 5.41) is 2.76. The number of H-pyrrole nitrogens is 1. The molecular weight excluding hydrogens is 442 g/mol. The van der Waals surface area contributed by atoms with Gasteiger partial charge in [-0.25, -0.2) is 13.8 Å². The zero-order chi connectivity index (χ0) is 24.2. The number of hydrogen-bond donors (Lipinski definition) is 3. The molecule has 176 valence electrons. The van der Waals surface area contributed by atoms with Gasteiger partial charge in [0.2, 0.25) is 5.56 Å². The van der Waals surface area contributed by atoms with E-state index in [4.69, 9.17) is 5.73 Å². The highest BCUT2D eigenvalue weighted by Crippen LogP contribution is 2.30. The van der Waals surface area contributed by atoms with E-state index in [0.717, 1.165) is 18.6 Å². The van der Waals surface area contributed by atoms with Gasteiger partial charge in [0.05, 0.1) is 30.5 Å². The fourth-order valence-electron chi connectivity index (χ4n) is 3.99. The van der Waals surface area contributed by atoms with Gasteiger partial charge in [0.25, 0.3) is 11.7 Å². The summed E-state index contributed by atoms with van der Waals surface area (Å²) in [4.78, 5) is 31.1. The SMILES string of the molecule is Cn1cc(C(=O)NCc2cnc(/C=C\C(N)=[N+]3CCC[C@@H]3c3cc(F)ccc3F)[nH]2)ccc1=O. The maximum atomic E-state index is 14.3. The highest BCUT2D eigenvalue weighted by molar-refractivity contribution is 5.93. The molecule has 3 heterocycles. The number of amidine groups is 1. The smallest absolute Gasteiger partial charge is 0.268 e. The minimum absolute atomic E-state index is 0.195. The number of hydrogen-bond acceptors (Lipinski definition) is 3. The van der Waals surface area contributed by atoms with Crippen LogP contribution in [0.5, 0.6) is 0 Å². The van der Waals surface area contributed by atoms with E-state index in [9.17, 15) is 18.4 Å². The summed E-state index contributed by atoms with van der Waals surface area (Å²) in [7, 11) is 1.58. The van der Waals surface area contributed by atoms with Crippen LogP contribution in [-0.4, -0.2) is 37.4 Å². The highest BCUT2D eigenvalue weighted by atomic mass is 19.1. The Morgan fingerprint density at radius 3 is 2.97 bits per heavy atom. The lowest BCUT2D eigenvalue weighted by molar-refractivity contribution is -0.550. The molecule has 1 amide bonds. The lowest BCUT2D eigenvalue weighted by Gasteiger charge is -2.13. The van der Waals surface area contributed by atoms with Crippen LogP contribution in [0.1, 0.15) is 46.3 Å². The fourth-order valence-corrected chi connectivity index (χ4v) is 3.99. The molecule has 3 aromatic rings. The van der Waals surface area contributed by atoms with Crippen LogP contribution in [0.15, 0.2) is 53.6 Å². The number of halogens is 2. The molecule has 34 heavy (non-hydrogen) atoms. The van der Waals surface area contributed by atoms with Crippen molar-refractivity contribution in [2.45, 2.75) is 25.4 Å². The summed E-state index contributed by atoms with van der Waals surface area (Å²) in [6.45, 7) is 0.853. The van der Waals surface area contributed by atoms with E-state index in [1.54, 1.807) is 25.4 Å². The van der Waals surface area contributed by atoms with E-state index in [1.807, 2.05) is 4.58 Å². The zero-order valence-electron chi connectivity index (χ0n) is 18.6. The number of aromatic amines is 1. The molecule has 0 aliphatic carbocycles.